The first-order valence-electron chi connectivity index (χ1n) is 41.9. The lowest BCUT2D eigenvalue weighted by Crippen LogP contribution is -2.00. The number of rotatable bonds is 34. The minimum absolute atomic E-state index is 0.0642. The van der Waals surface area contributed by atoms with Crippen molar-refractivity contribution in [3.8, 4) is 132 Å². The van der Waals surface area contributed by atoms with Gasteiger partial charge in [-0.25, -0.2) is 0 Å². The van der Waals surface area contributed by atoms with Crippen LogP contribution in [0.4, 0.5) is 0 Å². The Morgan fingerprint density at radius 2 is 0.547 bits per heavy atom. The fourth-order valence-corrected chi connectivity index (χ4v) is 12.8. The Morgan fingerprint density at radius 3 is 0.921 bits per heavy atom. The van der Waals surface area contributed by atoms with Crippen LogP contribution in [0.25, 0.3) is 36.5 Å². The van der Waals surface area contributed by atoms with E-state index >= 15 is 0 Å². The molecule has 0 saturated carbocycles. The molecule has 9 N–H and O–H groups in total. The molecular weight excluding hydrogens is 1790 g/mol. The highest BCUT2D eigenvalue weighted by atomic mass is 16.5. The van der Waals surface area contributed by atoms with Gasteiger partial charge in [-0.15, -0.1) is 0 Å². The van der Waals surface area contributed by atoms with E-state index in [1.54, 1.807) is 156 Å². The number of para-hydroxylation sites is 5. The highest BCUT2D eigenvalue weighted by Gasteiger charge is 2.22. The lowest BCUT2D eigenvalue weighted by Gasteiger charge is -2.12. The maximum absolute atomic E-state index is 12.7. The number of hydrogen-bond acceptors (Lipinski definition) is 29. The van der Waals surface area contributed by atoms with Crippen molar-refractivity contribution < 1.29 is 141 Å². The maximum atomic E-state index is 12.7. The van der Waals surface area contributed by atoms with Crippen molar-refractivity contribution in [1.82, 2.24) is 0 Å². The molecule has 13 rings (SSSR count). The molecule has 0 radical (unpaired) electrons. The number of allylic oxidation sites excluding steroid dienone is 6. The Balaban J connectivity index is 0.000000206. The summed E-state index contributed by atoms with van der Waals surface area (Å²) in [5.41, 5.74) is 5.99. The molecule has 0 aliphatic rings. The van der Waals surface area contributed by atoms with Gasteiger partial charge in [0.15, 0.2) is 69.2 Å². The Labute approximate surface area is 802 Å². The predicted molar refractivity (Wildman–Crippen MR) is 528 cm³/mol. The van der Waals surface area contributed by atoms with E-state index < -0.39 is 11.6 Å². The molecule has 0 heterocycles. The van der Waals surface area contributed by atoms with Crippen LogP contribution < -0.4 is 66.3 Å². The second kappa shape index (κ2) is 54.0. The first kappa shape index (κ1) is 106. The largest absolute Gasteiger partial charge is 0.508 e. The number of carbonyl (C=O) groups is 6. The standard InChI is InChI=1S/C25H24O6.2C18H18O5.C17H16O5.C17H16O4.C15H12O4/c1-28-19-14-21(27)25(24(15-19)30-3)20(26)11-9-17-10-12-22(23(13-17)29-2)31-16-18-7-5-4-6-8-18;1-21-13-8-9-14(16(20)11-13)15(19)10-7-12-5-4-6-17(22-2)18(12)23-3;1-21-13-10-15(20)18(17(11-13)23-3)14(19)9-8-12-6-4-5-7-16(12)22-2;1-21-16-5-3-4-11(17(16)22-2)6-9-14(19)13-8-7-12(18)10-15(13)20;1-20-13-8-9-14(16(19)11-13)15(18)10-7-12-5-3-4-6-17(12)21-2;16-11-6-7-12(15(19)9-11)14(18)8-5-10-3-1-2-4-13(10)17/h4-15,27H,16H2,1-3H3;2*4-11,20H,1-3H3;3-10,18,20H,1-2H3;3-11,19H,1-2H3;1-9,16-17,19H/b11-9+;10-7+;9-8+;9-6+;10-7+;8-5+. The van der Waals surface area contributed by atoms with Gasteiger partial charge in [0.1, 0.15) is 115 Å². The number of phenolic OH excluding ortho intramolecular Hbond substituents is 9. The Bertz CT molecular complexity index is 6600. The van der Waals surface area contributed by atoms with Crippen molar-refractivity contribution in [2.24, 2.45) is 0 Å². The number of ether oxygens (including phenoxy) is 14. The molecule has 0 saturated heterocycles. The van der Waals surface area contributed by atoms with Crippen LogP contribution >= 0.6 is 0 Å². The SMILES string of the molecule is COc1cc(O)c(C(=O)/C=C/c2ccc(OCc3ccccc3)c(OC)c2)c(OC)c1.COc1cc(O)c(C(=O)/C=C/c2ccccc2OC)c(OC)c1.COc1ccc(C(=O)/C=C/c2cccc(OC)c2OC)c(O)c1.COc1ccc(C(=O)/C=C/c2ccccc2OC)c(O)c1.COc1cccc(/C=C/C(=O)c2ccc(O)cc2O)c1OC.O=C(/C=C/c1ccccc1O)c1ccc(O)cc1O. The van der Waals surface area contributed by atoms with Crippen molar-refractivity contribution in [3.05, 3.63) is 364 Å². The van der Waals surface area contributed by atoms with Crippen molar-refractivity contribution in [2.45, 2.75) is 6.61 Å². The Hall–Kier alpha value is -18.3. The van der Waals surface area contributed by atoms with E-state index in [2.05, 4.69) is 0 Å². The number of aromatic hydroxyl groups is 9. The number of ketones is 6. The maximum Gasteiger partial charge on any atom is 0.193 e. The second-order valence-corrected chi connectivity index (χ2v) is 28.7. The molecule has 0 atom stereocenters. The molecule has 718 valence electrons. The van der Waals surface area contributed by atoms with Crippen molar-refractivity contribution in [1.29, 1.82) is 0 Å². The molecule has 29 heteroatoms. The van der Waals surface area contributed by atoms with E-state index in [9.17, 15) is 69.6 Å². The summed E-state index contributed by atoms with van der Waals surface area (Å²) < 4.78 is 73.2. The van der Waals surface area contributed by atoms with Crippen LogP contribution in [0.15, 0.2) is 291 Å². The fourth-order valence-electron chi connectivity index (χ4n) is 12.8. The molecule has 0 fully saturated rings. The highest BCUT2D eigenvalue weighted by molar-refractivity contribution is 6.13. The van der Waals surface area contributed by atoms with Gasteiger partial charge in [0, 0.05) is 76.3 Å². The van der Waals surface area contributed by atoms with Gasteiger partial charge in [-0.3, -0.25) is 28.8 Å². The Morgan fingerprint density at radius 1 is 0.223 bits per heavy atom. The molecule has 0 spiro atoms. The lowest BCUT2D eigenvalue weighted by molar-refractivity contribution is 0.103. The molecule has 0 aliphatic carbocycles. The number of carbonyl (C=O) groups excluding carboxylic acids is 6. The van der Waals surface area contributed by atoms with Crippen LogP contribution in [0.3, 0.4) is 0 Å². The minimum Gasteiger partial charge on any atom is -0.508 e. The third-order valence-corrected chi connectivity index (χ3v) is 20.0. The smallest absolute Gasteiger partial charge is 0.193 e. The predicted octanol–water partition coefficient (Wildman–Crippen LogP) is 20.5. The van der Waals surface area contributed by atoms with Gasteiger partial charge in [0.25, 0.3) is 0 Å². The van der Waals surface area contributed by atoms with E-state index in [-0.39, 0.29) is 120 Å². The monoisotopic (exact) mass is 1890 g/mol. The molecule has 0 unspecified atom stereocenters. The van der Waals surface area contributed by atoms with E-state index in [0.29, 0.717) is 92.3 Å². The van der Waals surface area contributed by atoms with Crippen molar-refractivity contribution >= 4 is 71.2 Å². The first-order chi connectivity index (χ1) is 67.0. The quantitative estimate of drug-likeness (QED) is 0.0134. The summed E-state index contributed by atoms with van der Waals surface area (Å²) >= 11 is 0. The summed E-state index contributed by atoms with van der Waals surface area (Å²) in [6.07, 6.45) is 17.7. The van der Waals surface area contributed by atoms with Gasteiger partial charge in [0.2, 0.25) is 0 Å². The van der Waals surface area contributed by atoms with E-state index in [0.717, 1.165) is 34.4 Å². The molecule has 0 bridgehead atoms. The highest BCUT2D eigenvalue weighted by Crippen LogP contribution is 2.40. The zero-order valence-corrected chi connectivity index (χ0v) is 78.1. The third-order valence-electron chi connectivity index (χ3n) is 20.0. The summed E-state index contributed by atoms with van der Waals surface area (Å²) in [7, 11) is 19.6. The molecule has 0 amide bonds. The molecule has 0 aromatic heterocycles. The number of methoxy groups -OCH3 is 13. The number of hydrogen-bond donors (Lipinski definition) is 9. The van der Waals surface area contributed by atoms with Gasteiger partial charge in [0.05, 0.1) is 115 Å². The van der Waals surface area contributed by atoms with Crippen LogP contribution in [-0.2, 0) is 6.61 Å². The van der Waals surface area contributed by atoms with E-state index in [1.807, 2.05) is 78.9 Å². The lowest BCUT2D eigenvalue weighted by atomic mass is 10.1. The van der Waals surface area contributed by atoms with Crippen LogP contribution in [0.1, 0.15) is 101 Å². The number of phenols is 9. The zero-order chi connectivity index (χ0) is 101. The average molecular weight is 1890 g/mol. The minimum atomic E-state index is -0.416. The van der Waals surface area contributed by atoms with Crippen LogP contribution in [0.5, 0.6) is 132 Å². The second-order valence-electron chi connectivity index (χ2n) is 28.7. The van der Waals surface area contributed by atoms with E-state index in [1.165, 1.54) is 173 Å². The molecule has 13 aromatic carbocycles. The summed E-state index contributed by atoms with van der Waals surface area (Å²) in [6.45, 7) is 0.418. The van der Waals surface area contributed by atoms with Gasteiger partial charge < -0.3 is 112 Å². The molecule has 29 nitrogen and oxygen atoms in total. The average Bonchev–Trinajstić information content (AvgIpc) is 0.815. The Kier molecular flexibility index (Phi) is 41.2. The van der Waals surface area contributed by atoms with Gasteiger partial charge >= 0.3 is 0 Å². The summed E-state index contributed by atoms with van der Waals surface area (Å²) in [6, 6.07) is 69.7. The summed E-state index contributed by atoms with van der Waals surface area (Å²) in [4.78, 5) is 73.4. The molecule has 139 heavy (non-hydrogen) atoms. The molecular formula is C110H104O29. The molecule has 13 aromatic rings. The summed E-state index contributed by atoms with van der Waals surface area (Å²) in [5, 5.41) is 87.2. The molecule has 0 aliphatic heterocycles. The number of benzene rings is 13. The van der Waals surface area contributed by atoms with Crippen molar-refractivity contribution in [2.75, 3.05) is 92.4 Å². The van der Waals surface area contributed by atoms with Gasteiger partial charge in [-0.1, -0.05) is 121 Å². The third kappa shape index (κ3) is 30.6. The van der Waals surface area contributed by atoms with Crippen LogP contribution in [0.2, 0.25) is 0 Å². The van der Waals surface area contributed by atoms with Gasteiger partial charge in [-0.2, -0.15) is 0 Å². The summed E-state index contributed by atoms with van der Waals surface area (Å²) in [5.74, 6) is 3.39. The van der Waals surface area contributed by atoms with Crippen LogP contribution in [0, 0.1) is 0 Å². The zero-order valence-electron chi connectivity index (χ0n) is 78.1. The first-order valence-corrected chi connectivity index (χ1v) is 41.9. The van der Waals surface area contributed by atoms with E-state index in [4.69, 9.17) is 71.4 Å². The fraction of sp³-hybridized carbons (Fsp3) is 0.127. The van der Waals surface area contributed by atoms with Crippen LogP contribution in [-0.4, -0.2) is 173 Å². The normalized spacial score (nSPS) is 10.6. The topological polar surface area (TPSA) is 414 Å². The van der Waals surface area contributed by atoms with Crippen molar-refractivity contribution in [3.63, 3.8) is 0 Å². The van der Waals surface area contributed by atoms with Gasteiger partial charge in [-0.05, 0) is 169 Å².